The molecular formula is C13H21NO. The zero-order valence-electron chi connectivity index (χ0n) is 9.70. The fourth-order valence-electron chi connectivity index (χ4n) is 1.82. The Kier molecular flexibility index (Phi) is 5.37. The third-order valence-electron chi connectivity index (χ3n) is 2.73. The first kappa shape index (κ1) is 12.2. The molecule has 1 aromatic carbocycles. The summed E-state index contributed by atoms with van der Waals surface area (Å²) in [5.41, 5.74) is 8.48. The lowest BCUT2D eigenvalue weighted by molar-refractivity contribution is 0.140. The van der Waals surface area contributed by atoms with Crippen LogP contribution in [0.4, 0.5) is 0 Å². The van der Waals surface area contributed by atoms with Crippen LogP contribution in [-0.4, -0.2) is 19.8 Å². The quantitative estimate of drug-likeness (QED) is 0.727. The Hall–Kier alpha value is -0.860. The monoisotopic (exact) mass is 207 g/mol. The van der Waals surface area contributed by atoms with Crippen LogP contribution < -0.4 is 5.73 Å². The van der Waals surface area contributed by atoms with Crippen molar-refractivity contribution in [1.29, 1.82) is 0 Å². The molecule has 0 saturated carbocycles. The third kappa shape index (κ3) is 3.65. The number of hydrogen-bond donors (Lipinski definition) is 1. The van der Waals surface area contributed by atoms with E-state index in [0.29, 0.717) is 12.5 Å². The van der Waals surface area contributed by atoms with Gasteiger partial charge in [-0.25, -0.2) is 0 Å². The Morgan fingerprint density at radius 1 is 1.33 bits per heavy atom. The van der Waals surface area contributed by atoms with Gasteiger partial charge < -0.3 is 10.5 Å². The van der Waals surface area contributed by atoms with Crippen molar-refractivity contribution in [2.24, 2.45) is 5.73 Å². The SMILES string of the molecule is CCOCCC(CN)c1ccccc1C. The van der Waals surface area contributed by atoms with Crippen molar-refractivity contribution < 1.29 is 4.74 Å². The van der Waals surface area contributed by atoms with Crippen LogP contribution in [-0.2, 0) is 4.74 Å². The highest BCUT2D eigenvalue weighted by atomic mass is 16.5. The smallest absolute Gasteiger partial charge is 0.0472 e. The van der Waals surface area contributed by atoms with E-state index in [-0.39, 0.29) is 0 Å². The highest BCUT2D eigenvalue weighted by Gasteiger charge is 2.11. The second kappa shape index (κ2) is 6.59. The number of ether oxygens (including phenoxy) is 1. The number of hydrogen-bond acceptors (Lipinski definition) is 2. The number of rotatable bonds is 6. The molecule has 2 nitrogen and oxygen atoms in total. The van der Waals surface area contributed by atoms with Crippen LogP contribution in [0.15, 0.2) is 24.3 Å². The van der Waals surface area contributed by atoms with Crippen molar-refractivity contribution in [3.05, 3.63) is 35.4 Å². The number of aryl methyl sites for hydroxylation is 1. The molecule has 0 saturated heterocycles. The molecule has 0 heterocycles. The van der Waals surface area contributed by atoms with E-state index in [4.69, 9.17) is 10.5 Å². The second-order valence-electron chi connectivity index (χ2n) is 3.77. The lowest BCUT2D eigenvalue weighted by atomic mass is 9.92. The fraction of sp³-hybridized carbons (Fsp3) is 0.538. The van der Waals surface area contributed by atoms with Gasteiger partial charge in [-0.15, -0.1) is 0 Å². The lowest BCUT2D eigenvalue weighted by Crippen LogP contribution is -2.15. The van der Waals surface area contributed by atoms with E-state index < -0.39 is 0 Å². The van der Waals surface area contributed by atoms with Gasteiger partial charge in [0.1, 0.15) is 0 Å². The zero-order chi connectivity index (χ0) is 11.1. The van der Waals surface area contributed by atoms with Crippen molar-refractivity contribution in [3.63, 3.8) is 0 Å². The summed E-state index contributed by atoms with van der Waals surface area (Å²) in [6.45, 7) is 6.43. The molecule has 0 radical (unpaired) electrons. The van der Waals surface area contributed by atoms with Gasteiger partial charge in [0.25, 0.3) is 0 Å². The summed E-state index contributed by atoms with van der Waals surface area (Å²) in [6, 6.07) is 8.44. The maximum Gasteiger partial charge on any atom is 0.0472 e. The van der Waals surface area contributed by atoms with Crippen molar-refractivity contribution >= 4 is 0 Å². The predicted molar refractivity (Wildman–Crippen MR) is 64.1 cm³/mol. The van der Waals surface area contributed by atoms with Crippen LogP contribution in [0.25, 0.3) is 0 Å². The van der Waals surface area contributed by atoms with Gasteiger partial charge in [0.15, 0.2) is 0 Å². The molecule has 0 fully saturated rings. The van der Waals surface area contributed by atoms with Crippen LogP contribution in [0, 0.1) is 6.92 Å². The largest absolute Gasteiger partial charge is 0.382 e. The van der Waals surface area contributed by atoms with E-state index in [1.165, 1.54) is 11.1 Å². The first-order chi connectivity index (χ1) is 7.29. The van der Waals surface area contributed by atoms with Crippen LogP contribution in [0.3, 0.4) is 0 Å². The van der Waals surface area contributed by atoms with Gasteiger partial charge in [-0.1, -0.05) is 24.3 Å². The van der Waals surface area contributed by atoms with Gasteiger partial charge >= 0.3 is 0 Å². The molecule has 0 bridgehead atoms. The number of benzene rings is 1. The molecule has 1 unspecified atom stereocenters. The molecule has 0 aliphatic rings. The molecular weight excluding hydrogens is 186 g/mol. The average molecular weight is 207 g/mol. The van der Waals surface area contributed by atoms with E-state index in [9.17, 15) is 0 Å². The molecule has 2 N–H and O–H groups in total. The highest BCUT2D eigenvalue weighted by molar-refractivity contribution is 5.29. The summed E-state index contributed by atoms with van der Waals surface area (Å²) in [7, 11) is 0. The minimum absolute atomic E-state index is 0.428. The molecule has 0 amide bonds. The summed E-state index contributed by atoms with van der Waals surface area (Å²) in [5.74, 6) is 0.428. The summed E-state index contributed by atoms with van der Waals surface area (Å²) in [4.78, 5) is 0. The standard InChI is InChI=1S/C13H21NO/c1-3-15-9-8-12(10-14)13-7-5-4-6-11(13)2/h4-7,12H,3,8-10,14H2,1-2H3. The van der Waals surface area contributed by atoms with Crippen LogP contribution in [0.5, 0.6) is 0 Å². The first-order valence-electron chi connectivity index (χ1n) is 5.63. The van der Waals surface area contributed by atoms with Gasteiger partial charge in [-0.3, -0.25) is 0 Å². The van der Waals surface area contributed by atoms with Gasteiger partial charge in [-0.2, -0.15) is 0 Å². The van der Waals surface area contributed by atoms with E-state index >= 15 is 0 Å². The maximum atomic E-state index is 5.80. The first-order valence-corrected chi connectivity index (χ1v) is 5.63. The summed E-state index contributed by atoms with van der Waals surface area (Å²) in [6.07, 6.45) is 1.01. The predicted octanol–water partition coefficient (Wildman–Crippen LogP) is 2.46. The topological polar surface area (TPSA) is 35.2 Å². The van der Waals surface area contributed by atoms with E-state index in [2.05, 4.69) is 31.2 Å². The van der Waals surface area contributed by atoms with E-state index in [0.717, 1.165) is 19.6 Å². The van der Waals surface area contributed by atoms with Gasteiger partial charge in [0, 0.05) is 13.2 Å². The average Bonchev–Trinajstić information content (AvgIpc) is 2.26. The lowest BCUT2D eigenvalue weighted by Gasteiger charge is -2.17. The Morgan fingerprint density at radius 2 is 2.07 bits per heavy atom. The molecule has 0 aliphatic heterocycles. The van der Waals surface area contributed by atoms with Crippen LogP contribution in [0.2, 0.25) is 0 Å². The van der Waals surface area contributed by atoms with Gasteiger partial charge in [0.05, 0.1) is 0 Å². The minimum atomic E-state index is 0.428. The molecule has 1 rings (SSSR count). The zero-order valence-corrected chi connectivity index (χ0v) is 9.70. The Morgan fingerprint density at radius 3 is 2.67 bits per heavy atom. The van der Waals surface area contributed by atoms with Crippen molar-refractivity contribution in [2.45, 2.75) is 26.2 Å². The highest BCUT2D eigenvalue weighted by Crippen LogP contribution is 2.21. The molecule has 1 atom stereocenters. The summed E-state index contributed by atoms with van der Waals surface area (Å²) < 4.78 is 5.37. The molecule has 0 aromatic heterocycles. The third-order valence-corrected chi connectivity index (χ3v) is 2.73. The molecule has 0 aliphatic carbocycles. The second-order valence-corrected chi connectivity index (χ2v) is 3.77. The van der Waals surface area contributed by atoms with Crippen LogP contribution in [0.1, 0.15) is 30.4 Å². The molecule has 0 spiro atoms. The van der Waals surface area contributed by atoms with E-state index in [1.807, 2.05) is 6.92 Å². The molecule has 2 heteroatoms. The van der Waals surface area contributed by atoms with Crippen molar-refractivity contribution in [3.8, 4) is 0 Å². The van der Waals surface area contributed by atoms with Crippen LogP contribution >= 0.6 is 0 Å². The number of nitrogens with two attached hydrogens (primary N) is 1. The summed E-state index contributed by atoms with van der Waals surface area (Å²) in [5, 5.41) is 0. The molecule has 1 aromatic rings. The van der Waals surface area contributed by atoms with Gasteiger partial charge in [0.2, 0.25) is 0 Å². The van der Waals surface area contributed by atoms with Crippen molar-refractivity contribution in [1.82, 2.24) is 0 Å². The van der Waals surface area contributed by atoms with E-state index in [1.54, 1.807) is 0 Å². The molecule has 15 heavy (non-hydrogen) atoms. The van der Waals surface area contributed by atoms with Crippen molar-refractivity contribution in [2.75, 3.05) is 19.8 Å². The summed E-state index contributed by atoms with van der Waals surface area (Å²) >= 11 is 0. The maximum absolute atomic E-state index is 5.80. The fourth-order valence-corrected chi connectivity index (χ4v) is 1.82. The van der Waals surface area contributed by atoms with Gasteiger partial charge in [-0.05, 0) is 43.9 Å². The Labute approximate surface area is 92.4 Å². The normalized spacial score (nSPS) is 12.7. The minimum Gasteiger partial charge on any atom is -0.382 e. The Balaban J connectivity index is 2.61. The Bertz CT molecular complexity index is 286. The molecule has 84 valence electrons.